The van der Waals surface area contributed by atoms with Gasteiger partial charge in [0.2, 0.25) is 21.8 Å². The van der Waals surface area contributed by atoms with Crippen LogP contribution in [0.15, 0.2) is 65.7 Å². The van der Waals surface area contributed by atoms with E-state index in [4.69, 9.17) is 21.1 Å². The molecule has 0 radical (unpaired) electrons. The molecule has 8 nitrogen and oxygen atoms in total. The van der Waals surface area contributed by atoms with Crippen LogP contribution in [0, 0.1) is 11.6 Å². The molecule has 0 atom stereocenters. The van der Waals surface area contributed by atoms with Gasteiger partial charge in [-0.15, -0.1) is 0 Å². The second-order valence-electron chi connectivity index (χ2n) is 8.11. The van der Waals surface area contributed by atoms with Crippen molar-refractivity contribution in [2.24, 2.45) is 0 Å². The van der Waals surface area contributed by atoms with Crippen molar-refractivity contribution >= 4 is 44.0 Å². The first-order chi connectivity index (χ1) is 18.1. The fourth-order valence-electron chi connectivity index (χ4n) is 3.78. The molecule has 0 fully saturated rings. The number of amides is 1. The highest BCUT2D eigenvalue weighted by molar-refractivity contribution is 7.89. The van der Waals surface area contributed by atoms with Crippen LogP contribution < -0.4 is 19.5 Å². The zero-order valence-corrected chi connectivity index (χ0v) is 21.8. The van der Waals surface area contributed by atoms with Gasteiger partial charge in [-0.05, 0) is 48.0 Å². The fourth-order valence-corrected chi connectivity index (χ4v) is 5.25. The van der Waals surface area contributed by atoms with Crippen LogP contribution in [0.3, 0.4) is 0 Å². The van der Waals surface area contributed by atoms with Crippen molar-refractivity contribution in [3.05, 3.63) is 88.6 Å². The van der Waals surface area contributed by atoms with Gasteiger partial charge in [0.05, 0.1) is 25.5 Å². The van der Waals surface area contributed by atoms with E-state index in [2.05, 4.69) is 15.0 Å². The molecular formula is C26H22ClF2N3O5S. The number of ether oxygens (including phenoxy) is 2. The van der Waals surface area contributed by atoms with Gasteiger partial charge in [0, 0.05) is 39.8 Å². The lowest BCUT2D eigenvalue weighted by Gasteiger charge is -2.15. The first-order valence-corrected chi connectivity index (χ1v) is 13.0. The van der Waals surface area contributed by atoms with Gasteiger partial charge in [0.25, 0.3) is 0 Å². The van der Waals surface area contributed by atoms with E-state index >= 15 is 0 Å². The molecule has 1 heterocycles. The predicted molar refractivity (Wildman–Crippen MR) is 139 cm³/mol. The number of hydrogen-bond acceptors (Lipinski definition) is 6. The quantitative estimate of drug-likeness (QED) is 0.283. The Labute approximate surface area is 222 Å². The molecule has 0 unspecified atom stereocenters. The first-order valence-electron chi connectivity index (χ1n) is 11.1. The molecule has 0 saturated heterocycles. The second kappa shape index (κ2) is 11.3. The first kappa shape index (κ1) is 27.2. The molecule has 1 amide bonds. The summed E-state index contributed by atoms with van der Waals surface area (Å²) in [5, 5.41) is 3.03. The summed E-state index contributed by atoms with van der Waals surface area (Å²) in [4.78, 5) is 16.7. The standard InChI is InChI=1S/C26H22ClF2N3O5S/c1-36-17-5-3-15(4-6-17)14-31-38(34,35)23-12-16(11-19-18(23)9-10-30-26(19)37-2)32-24(33)13-20-21(27)7-8-22(28)25(20)29/h3-12,31H,13-14H2,1-2H3,(H,32,33). The van der Waals surface area contributed by atoms with Crippen LogP contribution in [0.4, 0.5) is 14.5 Å². The molecule has 38 heavy (non-hydrogen) atoms. The van der Waals surface area contributed by atoms with Gasteiger partial charge >= 0.3 is 0 Å². The third-order valence-corrected chi connectivity index (χ3v) is 7.47. The van der Waals surface area contributed by atoms with Crippen LogP contribution in [-0.2, 0) is 27.8 Å². The van der Waals surface area contributed by atoms with Crippen molar-refractivity contribution in [3.63, 3.8) is 0 Å². The van der Waals surface area contributed by atoms with Gasteiger partial charge in [-0.25, -0.2) is 26.9 Å². The Hall–Kier alpha value is -3.80. The molecule has 1 aromatic heterocycles. The topological polar surface area (TPSA) is 107 Å². The molecule has 0 spiro atoms. The Morgan fingerprint density at radius 2 is 1.74 bits per heavy atom. The van der Waals surface area contributed by atoms with Crippen LogP contribution in [0.25, 0.3) is 10.8 Å². The number of nitrogens with one attached hydrogen (secondary N) is 2. The van der Waals surface area contributed by atoms with Gasteiger partial charge in [-0.2, -0.15) is 0 Å². The van der Waals surface area contributed by atoms with Crippen LogP contribution >= 0.6 is 11.6 Å². The van der Waals surface area contributed by atoms with Crippen LogP contribution in [0.2, 0.25) is 5.02 Å². The third-order valence-electron chi connectivity index (χ3n) is 5.67. The smallest absolute Gasteiger partial charge is 0.241 e. The molecule has 0 aliphatic rings. The third kappa shape index (κ3) is 5.85. The maximum atomic E-state index is 14.2. The van der Waals surface area contributed by atoms with Crippen molar-refractivity contribution < 1.29 is 31.5 Å². The summed E-state index contributed by atoms with van der Waals surface area (Å²) >= 11 is 5.95. The van der Waals surface area contributed by atoms with E-state index in [-0.39, 0.29) is 33.6 Å². The summed E-state index contributed by atoms with van der Waals surface area (Å²) in [7, 11) is -1.21. The maximum Gasteiger partial charge on any atom is 0.241 e. The Morgan fingerprint density at radius 3 is 2.42 bits per heavy atom. The number of pyridine rings is 1. The zero-order chi connectivity index (χ0) is 27.4. The lowest BCUT2D eigenvalue weighted by Crippen LogP contribution is -2.24. The largest absolute Gasteiger partial charge is 0.497 e. The predicted octanol–water partition coefficient (Wildman–Crippen LogP) is 4.84. The normalized spacial score (nSPS) is 11.4. The molecule has 0 aliphatic heterocycles. The van der Waals surface area contributed by atoms with Crippen LogP contribution in [0.5, 0.6) is 11.6 Å². The molecule has 4 rings (SSSR count). The molecule has 198 valence electrons. The number of rotatable bonds is 9. The summed E-state index contributed by atoms with van der Waals surface area (Å²) in [5.41, 5.74) is 0.446. The Morgan fingerprint density at radius 1 is 1.00 bits per heavy atom. The number of hydrogen-bond donors (Lipinski definition) is 2. The molecule has 12 heteroatoms. The molecule has 3 aromatic carbocycles. The molecule has 0 saturated carbocycles. The van der Waals surface area contributed by atoms with E-state index < -0.39 is 34.0 Å². The number of benzene rings is 3. The summed E-state index contributed by atoms with van der Waals surface area (Å²) in [6, 6.07) is 13.1. The minimum Gasteiger partial charge on any atom is -0.497 e. The molecule has 4 aromatic rings. The Balaban J connectivity index is 1.67. The van der Waals surface area contributed by atoms with Gasteiger partial charge in [-0.3, -0.25) is 4.79 Å². The molecule has 0 bridgehead atoms. The number of methoxy groups -OCH3 is 2. The van der Waals surface area contributed by atoms with E-state index in [0.29, 0.717) is 22.1 Å². The van der Waals surface area contributed by atoms with Crippen molar-refractivity contribution in [3.8, 4) is 11.6 Å². The van der Waals surface area contributed by atoms with Crippen molar-refractivity contribution in [2.75, 3.05) is 19.5 Å². The lowest BCUT2D eigenvalue weighted by atomic mass is 10.1. The fraction of sp³-hybridized carbons (Fsp3) is 0.154. The number of carbonyl (C=O) groups is 1. The molecule has 0 aliphatic carbocycles. The van der Waals surface area contributed by atoms with Crippen molar-refractivity contribution in [1.29, 1.82) is 0 Å². The number of nitrogens with zero attached hydrogens (tertiary/aromatic N) is 1. The Kier molecular flexibility index (Phi) is 8.10. The SMILES string of the molecule is COc1ccc(CNS(=O)(=O)c2cc(NC(=O)Cc3c(Cl)ccc(F)c3F)cc3c(OC)nccc23)cc1. The Bertz CT molecular complexity index is 1620. The lowest BCUT2D eigenvalue weighted by molar-refractivity contribution is -0.115. The highest BCUT2D eigenvalue weighted by Gasteiger charge is 2.22. The van der Waals surface area contributed by atoms with E-state index in [1.54, 1.807) is 24.3 Å². The number of halogens is 3. The molecular weight excluding hydrogens is 540 g/mol. The second-order valence-corrected chi connectivity index (χ2v) is 10.3. The highest BCUT2D eigenvalue weighted by Crippen LogP contribution is 2.32. The number of aromatic nitrogens is 1. The van der Waals surface area contributed by atoms with Crippen molar-refractivity contribution in [1.82, 2.24) is 9.71 Å². The van der Waals surface area contributed by atoms with Crippen LogP contribution in [0.1, 0.15) is 11.1 Å². The zero-order valence-electron chi connectivity index (χ0n) is 20.2. The van der Waals surface area contributed by atoms with Gasteiger partial charge < -0.3 is 14.8 Å². The maximum absolute atomic E-state index is 14.2. The number of sulfonamides is 1. The summed E-state index contributed by atoms with van der Waals surface area (Å²) < 4.78 is 67.6. The number of anilines is 1. The minimum absolute atomic E-state index is 0.00995. The van der Waals surface area contributed by atoms with Gasteiger partial charge in [-0.1, -0.05) is 23.7 Å². The van der Waals surface area contributed by atoms with Gasteiger partial charge in [0.1, 0.15) is 5.75 Å². The monoisotopic (exact) mass is 561 g/mol. The summed E-state index contributed by atoms with van der Waals surface area (Å²) in [6.45, 7) is -0.00995. The van der Waals surface area contributed by atoms with E-state index in [1.807, 2.05) is 0 Å². The summed E-state index contributed by atoms with van der Waals surface area (Å²) in [6.07, 6.45) is 0.819. The average Bonchev–Trinajstić information content (AvgIpc) is 2.91. The average molecular weight is 562 g/mol. The van der Waals surface area contributed by atoms with Crippen molar-refractivity contribution in [2.45, 2.75) is 17.9 Å². The highest BCUT2D eigenvalue weighted by atomic mass is 35.5. The van der Waals surface area contributed by atoms with E-state index in [0.717, 1.165) is 12.1 Å². The van der Waals surface area contributed by atoms with E-state index in [1.165, 1.54) is 38.6 Å². The van der Waals surface area contributed by atoms with Crippen LogP contribution in [-0.4, -0.2) is 33.5 Å². The number of carbonyl (C=O) groups excluding carboxylic acids is 1. The van der Waals surface area contributed by atoms with Gasteiger partial charge in [0.15, 0.2) is 11.6 Å². The number of fused-ring (bicyclic) bond motifs is 1. The summed E-state index contributed by atoms with van der Waals surface area (Å²) in [5.74, 6) is -2.36. The molecule has 2 N–H and O–H groups in total. The van der Waals surface area contributed by atoms with E-state index in [9.17, 15) is 22.0 Å². The minimum atomic E-state index is -4.11.